The fourth-order valence-electron chi connectivity index (χ4n) is 3.26. The standard InChI is InChI=1S/C19H22FN3O2/c1-13-4-2-3-5-16(13)21-18(24)12-23-19(25)11-10-17(22-23)14-6-8-15(20)9-7-14/h6-11,13,16H,2-5,12H2,1H3,(H,21,24)/t13-,16-/m1/s1. The van der Waals surface area contributed by atoms with Crippen molar-refractivity contribution in [1.29, 1.82) is 0 Å². The Hall–Kier alpha value is -2.50. The van der Waals surface area contributed by atoms with Crippen molar-refractivity contribution in [3.63, 3.8) is 0 Å². The van der Waals surface area contributed by atoms with Gasteiger partial charge < -0.3 is 5.32 Å². The molecule has 0 spiro atoms. The monoisotopic (exact) mass is 343 g/mol. The molecule has 2 aromatic rings. The van der Waals surface area contributed by atoms with E-state index in [1.165, 1.54) is 24.6 Å². The normalized spacial score (nSPS) is 20.2. The largest absolute Gasteiger partial charge is 0.351 e. The molecule has 0 saturated heterocycles. The summed E-state index contributed by atoms with van der Waals surface area (Å²) in [4.78, 5) is 24.3. The Balaban J connectivity index is 1.73. The topological polar surface area (TPSA) is 64.0 Å². The molecule has 1 saturated carbocycles. The number of nitrogens with one attached hydrogen (secondary N) is 1. The number of aromatic nitrogens is 2. The Morgan fingerprint density at radius 2 is 1.92 bits per heavy atom. The number of amides is 1. The van der Waals surface area contributed by atoms with Gasteiger partial charge in [0.2, 0.25) is 5.91 Å². The lowest BCUT2D eigenvalue weighted by molar-refractivity contribution is -0.123. The fourth-order valence-corrected chi connectivity index (χ4v) is 3.26. The van der Waals surface area contributed by atoms with Crippen molar-refractivity contribution < 1.29 is 9.18 Å². The number of hydrogen-bond acceptors (Lipinski definition) is 3. The zero-order valence-electron chi connectivity index (χ0n) is 14.2. The van der Waals surface area contributed by atoms with Crippen LogP contribution in [0.3, 0.4) is 0 Å². The minimum absolute atomic E-state index is 0.114. The molecule has 0 bridgehead atoms. The van der Waals surface area contributed by atoms with Gasteiger partial charge in [0.25, 0.3) is 5.56 Å². The molecule has 3 rings (SSSR count). The summed E-state index contributed by atoms with van der Waals surface area (Å²) in [5.74, 6) is -0.0874. The number of benzene rings is 1. The second kappa shape index (κ2) is 7.59. The van der Waals surface area contributed by atoms with Crippen LogP contribution >= 0.6 is 0 Å². The van der Waals surface area contributed by atoms with E-state index in [0.29, 0.717) is 17.2 Å². The van der Waals surface area contributed by atoms with Crippen molar-refractivity contribution in [2.45, 2.75) is 45.2 Å². The maximum Gasteiger partial charge on any atom is 0.267 e. The second-order valence-corrected chi connectivity index (χ2v) is 6.66. The highest BCUT2D eigenvalue weighted by molar-refractivity contribution is 5.76. The van der Waals surface area contributed by atoms with Crippen molar-refractivity contribution in [2.75, 3.05) is 0 Å². The average molecular weight is 343 g/mol. The van der Waals surface area contributed by atoms with E-state index in [4.69, 9.17) is 0 Å². The molecule has 1 fully saturated rings. The predicted molar refractivity (Wildman–Crippen MR) is 93.5 cm³/mol. The number of rotatable bonds is 4. The highest BCUT2D eigenvalue weighted by atomic mass is 19.1. The predicted octanol–water partition coefficient (Wildman–Crippen LogP) is 2.74. The minimum atomic E-state index is -0.335. The molecule has 1 amide bonds. The van der Waals surface area contributed by atoms with Gasteiger partial charge >= 0.3 is 0 Å². The second-order valence-electron chi connectivity index (χ2n) is 6.66. The molecule has 1 heterocycles. The summed E-state index contributed by atoms with van der Waals surface area (Å²) < 4.78 is 14.2. The maximum atomic E-state index is 13.0. The number of halogens is 1. The van der Waals surface area contributed by atoms with Gasteiger partial charge in [0.05, 0.1) is 5.69 Å². The zero-order valence-corrected chi connectivity index (χ0v) is 14.2. The van der Waals surface area contributed by atoms with E-state index in [-0.39, 0.29) is 29.9 Å². The molecule has 1 aromatic carbocycles. The Labute approximate surface area is 145 Å². The van der Waals surface area contributed by atoms with Gasteiger partial charge in [-0.25, -0.2) is 9.07 Å². The molecule has 25 heavy (non-hydrogen) atoms. The first-order valence-electron chi connectivity index (χ1n) is 8.66. The molecule has 1 N–H and O–H groups in total. The Bertz CT molecular complexity index is 801. The summed E-state index contributed by atoms with van der Waals surface area (Å²) in [6, 6.07) is 8.98. The van der Waals surface area contributed by atoms with E-state index < -0.39 is 0 Å². The van der Waals surface area contributed by atoms with Gasteiger partial charge in [-0.1, -0.05) is 19.8 Å². The van der Waals surface area contributed by atoms with E-state index in [9.17, 15) is 14.0 Å². The number of hydrogen-bond donors (Lipinski definition) is 1. The van der Waals surface area contributed by atoms with Crippen LogP contribution < -0.4 is 10.9 Å². The van der Waals surface area contributed by atoms with Gasteiger partial charge in [0.15, 0.2) is 0 Å². The molecule has 5 nitrogen and oxygen atoms in total. The molecule has 0 aliphatic heterocycles. The van der Waals surface area contributed by atoms with Crippen LogP contribution in [0.15, 0.2) is 41.2 Å². The van der Waals surface area contributed by atoms with E-state index in [2.05, 4.69) is 17.3 Å². The summed E-state index contributed by atoms with van der Waals surface area (Å²) >= 11 is 0. The van der Waals surface area contributed by atoms with Crippen molar-refractivity contribution in [1.82, 2.24) is 15.1 Å². The highest BCUT2D eigenvalue weighted by Crippen LogP contribution is 2.23. The molecule has 1 aliphatic carbocycles. The Kier molecular flexibility index (Phi) is 5.26. The third-order valence-corrected chi connectivity index (χ3v) is 4.76. The van der Waals surface area contributed by atoms with Gasteiger partial charge in [-0.2, -0.15) is 5.10 Å². The van der Waals surface area contributed by atoms with Gasteiger partial charge in [-0.05, 0) is 49.1 Å². The first-order valence-corrected chi connectivity index (χ1v) is 8.66. The summed E-state index contributed by atoms with van der Waals surface area (Å²) in [7, 11) is 0. The molecule has 1 aromatic heterocycles. The van der Waals surface area contributed by atoms with Gasteiger partial charge in [-0.3, -0.25) is 9.59 Å². The van der Waals surface area contributed by atoms with E-state index in [1.807, 2.05) is 0 Å². The van der Waals surface area contributed by atoms with E-state index in [0.717, 1.165) is 23.9 Å². The quantitative estimate of drug-likeness (QED) is 0.928. The average Bonchev–Trinajstić information content (AvgIpc) is 2.60. The van der Waals surface area contributed by atoms with Crippen LogP contribution in [0.2, 0.25) is 0 Å². The van der Waals surface area contributed by atoms with Crippen LogP contribution in [0.4, 0.5) is 4.39 Å². The summed E-state index contributed by atoms with van der Waals surface area (Å²) in [6.45, 7) is 2.03. The van der Waals surface area contributed by atoms with E-state index in [1.54, 1.807) is 18.2 Å². The smallest absolute Gasteiger partial charge is 0.267 e. The fraction of sp³-hybridized carbons (Fsp3) is 0.421. The SMILES string of the molecule is C[C@@H]1CCCC[C@H]1NC(=O)Cn1nc(-c2ccc(F)cc2)ccc1=O. The number of carbonyl (C=O) groups excluding carboxylic acids is 1. The molecule has 132 valence electrons. The number of carbonyl (C=O) groups is 1. The first kappa shape index (κ1) is 17.3. The third-order valence-electron chi connectivity index (χ3n) is 4.76. The molecule has 0 unspecified atom stereocenters. The minimum Gasteiger partial charge on any atom is -0.351 e. The molecule has 6 heteroatoms. The van der Waals surface area contributed by atoms with Crippen LogP contribution in [-0.4, -0.2) is 21.7 Å². The lowest BCUT2D eigenvalue weighted by Gasteiger charge is -2.29. The Morgan fingerprint density at radius 3 is 2.64 bits per heavy atom. The van der Waals surface area contributed by atoms with Crippen LogP contribution in [-0.2, 0) is 11.3 Å². The van der Waals surface area contributed by atoms with Gasteiger partial charge in [0.1, 0.15) is 12.4 Å². The van der Waals surface area contributed by atoms with Crippen molar-refractivity contribution >= 4 is 5.91 Å². The Morgan fingerprint density at radius 1 is 1.20 bits per heavy atom. The van der Waals surface area contributed by atoms with Crippen LogP contribution in [0.25, 0.3) is 11.3 Å². The van der Waals surface area contributed by atoms with Crippen LogP contribution in [0.1, 0.15) is 32.6 Å². The lowest BCUT2D eigenvalue weighted by atomic mass is 9.86. The molecule has 2 atom stereocenters. The van der Waals surface area contributed by atoms with Crippen LogP contribution in [0, 0.1) is 11.7 Å². The molecular weight excluding hydrogens is 321 g/mol. The first-order chi connectivity index (χ1) is 12.0. The molecule has 0 radical (unpaired) electrons. The molecular formula is C19H22FN3O2. The third kappa shape index (κ3) is 4.32. The van der Waals surface area contributed by atoms with Crippen molar-refractivity contribution in [3.05, 3.63) is 52.6 Å². The van der Waals surface area contributed by atoms with Crippen LogP contribution in [0.5, 0.6) is 0 Å². The van der Waals surface area contributed by atoms with Crippen molar-refractivity contribution in [3.8, 4) is 11.3 Å². The van der Waals surface area contributed by atoms with Gasteiger partial charge in [-0.15, -0.1) is 0 Å². The molecule has 1 aliphatic rings. The summed E-state index contributed by atoms with van der Waals surface area (Å²) in [6.07, 6.45) is 4.41. The maximum absolute atomic E-state index is 13.0. The van der Waals surface area contributed by atoms with Gasteiger partial charge in [0, 0.05) is 17.7 Å². The highest BCUT2D eigenvalue weighted by Gasteiger charge is 2.23. The van der Waals surface area contributed by atoms with Crippen molar-refractivity contribution in [2.24, 2.45) is 5.92 Å². The number of nitrogens with zero attached hydrogens (tertiary/aromatic N) is 2. The summed E-state index contributed by atoms with van der Waals surface area (Å²) in [5, 5.41) is 7.27. The van der Waals surface area contributed by atoms with E-state index >= 15 is 0 Å². The zero-order chi connectivity index (χ0) is 17.8. The summed E-state index contributed by atoms with van der Waals surface area (Å²) in [5.41, 5.74) is 0.882. The lowest BCUT2D eigenvalue weighted by Crippen LogP contribution is -2.43.